The van der Waals surface area contributed by atoms with Crippen LogP contribution in [-0.2, 0) is 11.3 Å². The van der Waals surface area contributed by atoms with Crippen molar-refractivity contribution < 1.29 is 9.53 Å². The van der Waals surface area contributed by atoms with Gasteiger partial charge < -0.3 is 15.8 Å². The molecule has 0 saturated carbocycles. The highest BCUT2D eigenvalue weighted by Crippen LogP contribution is 2.20. The van der Waals surface area contributed by atoms with Gasteiger partial charge in [0.2, 0.25) is 5.91 Å². The summed E-state index contributed by atoms with van der Waals surface area (Å²) in [4.78, 5) is 11.7. The number of amides is 1. The molecular formula is C15H25ClN2O2. The number of hydrogen-bond donors (Lipinski definition) is 2. The summed E-state index contributed by atoms with van der Waals surface area (Å²) in [5.41, 5.74) is 7.62. The van der Waals surface area contributed by atoms with E-state index in [9.17, 15) is 4.79 Å². The molecule has 1 atom stereocenters. The van der Waals surface area contributed by atoms with Crippen LogP contribution >= 0.6 is 12.4 Å². The second kappa shape index (κ2) is 9.61. The average Bonchev–Trinajstić information content (AvgIpc) is 2.42. The Hall–Kier alpha value is -1.26. The molecule has 0 bridgehead atoms. The molecule has 0 aliphatic heterocycles. The van der Waals surface area contributed by atoms with Crippen LogP contribution in [0.2, 0.25) is 0 Å². The van der Waals surface area contributed by atoms with E-state index in [4.69, 9.17) is 10.5 Å². The van der Waals surface area contributed by atoms with Gasteiger partial charge in [0.05, 0.1) is 6.61 Å². The zero-order valence-electron chi connectivity index (χ0n) is 12.4. The SMILES string of the molecule is CCCOc1cc(C)ccc1CNC(=O)C(C)CN.Cl. The summed E-state index contributed by atoms with van der Waals surface area (Å²) in [6, 6.07) is 6.02. The third-order valence-electron chi connectivity index (χ3n) is 2.94. The summed E-state index contributed by atoms with van der Waals surface area (Å²) in [7, 11) is 0. The molecule has 1 rings (SSSR count). The maximum Gasteiger partial charge on any atom is 0.224 e. The molecule has 1 unspecified atom stereocenters. The van der Waals surface area contributed by atoms with Crippen LogP contribution in [-0.4, -0.2) is 19.1 Å². The minimum absolute atomic E-state index is 0. The standard InChI is InChI=1S/C15H24N2O2.ClH/c1-4-7-19-14-8-11(2)5-6-13(14)10-17-15(18)12(3)9-16;/h5-6,8,12H,4,7,9-10,16H2,1-3H3,(H,17,18);1H. The highest BCUT2D eigenvalue weighted by atomic mass is 35.5. The monoisotopic (exact) mass is 300 g/mol. The first-order valence-electron chi connectivity index (χ1n) is 6.78. The van der Waals surface area contributed by atoms with Gasteiger partial charge in [-0.3, -0.25) is 4.79 Å². The van der Waals surface area contributed by atoms with Crippen LogP contribution in [0.25, 0.3) is 0 Å². The summed E-state index contributed by atoms with van der Waals surface area (Å²) in [6.07, 6.45) is 0.962. The Morgan fingerprint density at radius 2 is 2.15 bits per heavy atom. The zero-order chi connectivity index (χ0) is 14.3. The number of ether oxygens (including phenoxy) is 1. The minimum atomic E-state index is -0.162. The smallest absolute Gasteiger partial charge is 0.224 e. The number of rotatable bonds is 7. The number of benzene rings is 1. The normalized spacial score (nSPS) is 11.4. The highest BCUT2D eigenvalue weighted by Gasteiger charge is 2.11. The molecule has 20 heavy (non-hydrogen) atoms. The number of carbonyl (C=O) groups is 1. The third kappa shape index (κ3) is 5.80. The summed E-state index contributed by atoms with van der Waals surface area (Å²) in [6.45, 7) is 7.43. The van der Waals surface area contributed by atoms with Crippen LogP contribution in [0.15, 0.2) is 18.2 Å². The van der Waals surface area contributed by atoms with Crippen molar-refractivity contribution in [2.24, 2.45) is 11.7 Å². The van der Waals surface area contributed by atoms with E-state index in [1.54, 1.807) is 0 Å². The van der Waals surface area contributed by atoms with Crippen molar-refractivity contribution in [2.45, 2.75) is 33.7 Å². The molecule has 0 saturated heterocycles. The Balaban J connectivity index is 0.00000361. The summed E-state index contributed by atoms with van der Waals surface area (Å²) in [5.74, 6) is 0.664. The van der Waals surface area contributed by atoms with Crippen LogP contribution in [0.1, 0.15) is 31.4 Å². The van der Waals surface area contributed by atoms with Crippen molar-refractivity contribution in [3.63, 3.8) is 0 Å². The topological polar surface area (TPSA) is 64.3 Å². The first-order chi connectivity index (χ1) is 9.08. The second-order valence-electron chi connectivity index (χ2n) is 4.81. The molecule has 5 heteroatoms. The predicted octanol–water partition coefficient (Wildman–Crippen LogP) is 2.42. The maximum absolute atomic E-state index is 11.7. The fourth-order valence-corrected chi connectivity index (χ4v) is 1.62. The molecule has 0 spiro atoms. The van der Waals surface area contributed by atoms with Gasteiger partial charge in [0.1, 0.15) is 5.75 Å². The van der Waals surface area contributed by atoms with Crippen molar-refractivity contribution >= 4 is 18.3 Å². The van der Waals surface area contributed by atoms with E-state index in [1.807, 2.05) is 32.0 Å². The van der Waals surface area contributed by atoms with Crippen LogP contribution in [0.4, 0.5) is 0 Å². The number of carbonyl (C=O) groups excluding carboxylic acids is 1. The Labute approximate surface area is 127 Å². The van der Waals surface area contributed by atoms with E-state index in [0.717, 1.165) is 23.3 Å². The van der Waals surface area contributed by atoms with E-state index in [2.05, 4.69) is 12.2 Å². The lowest BCUT2D eigenvalue weighted by Gasteiger charge is -2.14. The van der Waals surface area contributed by atoms with E-state index in [-0.39, 0.29) is 24.2 Å². The van der Waals surface area contributed by atoms with Gasteiger partial charge in [0, 0.05) is 24.6 Å². The van der Waals surface area contributed by atoms with E-state index >= 15 is 0 Å². The van der Waals surface area contributed by atoms with Crippen LogP contribution in [0.5, 0.6) is 5.75 Å². The van der Waals surface area contributed by atoms with Crippen molar-refractivity contribution in [1.29, 1.82) is 0 Å². The Bertz CT molecular complexity index is 424. The minimum Gasteiger partial charge on any atom is -0.493 e. The molecule has 0 aliphatic rings. The van der Waals surface area contributed by atoms with Crippen LogP contribution in [0.3, 0.4) is 0 Å². The average molecular weight is 301 g/mol. The van der Waals surface area contributed by atoms with Crippen molar-refractivity contribution in [1.82, 2.24) is 5.32 Å². The van der Waals surface area contributed by atoms with Gasteiger partial charge in [-0.25, -0.2) is 0 Å². The first kappa shape index (κ1) is 18.7. The first-order valence-corrected chi connectivity index (χ1v) is 6.78. The Morgan fingerprint density at radius 3 is 2.75 bits per heavy atom. The van der Waals surface area contributed by atoms with Gasteiger partial charge in [-0.2, -0.15) is 0 Å². The Morgan fingerprint density at radius 1 is 1.45 bits per heavy atom. The fourth-order valence-electron chi connectivity index (χ4n) is 1.62. The number of aryl methyl sites for hydroxylation is 1. The van der Waals surface area contributed by atoms with Crippen molar-refractivity contribution in [3.05, 3.63) is 29.3 Å². The van der Waals surface area contributed by atoms with E-state index in [1.165, 1.54) is 0 Å². The summed E-state index contributed by atoms with van der Waals surface area (Å²) < 4.78 is 5.71. The van der Waals surface area contributed by atoms with Crippen LogP contribution in [0, 0.1) is 12.8 Å². The van der Waals surface area contributed by atoms with E-state index < -0.39 is 0 Å². The fraction of sp³-hybridized carbons (Fsp3) is 0.533. The van der Waals surface area contributed by atoms with E-state index in [0.29, 0.717) is 19.7 Å². The molecular weight excluding hydrogens is 276 g/mol. The lowest BCUT2D eigenvalue weighted by atomic mass is 10.1. The second-order valence-corrected chi connectivity index (χ2v) is 4.81. The highest BCUT2D eigenvalue weighted by molar-refractivity contribution is 5.85. The number of halogens is 1. The molecule has 1 amide bonds. The van der Waals surface area contributed by atoms with Gasteiger partial charge >= 0.3 is 0 Å². The quantitative estimate of drug-likeness (QED) is 0.813. The molecule has 3 N–H and O–H groups in total. The molecule has 0 radical (unpaired) electrons. The number of hydrogen-bond acceptors (Lipinski definition) is 3. The molecule has 0 heterocycles. The van der Waals surface area contributed by atoms with Gasteiger partial charge in [-0.1, -0.05) is 26.0 Å². The molecule has 0 aliphatic carbocycles. The maximum atomic E-state index is 11.7. The number of nitrogens with two attached hydrogens (primary N) is 1. The third-order valence-corrected chi connectivity index (χ3v) is 2.94. The molecule has 1 aromatic carbocycles. The lowest BCUT2D eigenvalue weighted by molar-refractivity contribution is -0.124. The summed E-state index contributed by atoms with van der Waals surface area (Å²) >= 11 is 0. The summed E-state index contributed by atoms with van der Waals surface area (Å²) in [5, 5.41) is 2.89. The van der Waals surface area contributed by atoms with Gasteiger partial charge in [0.15, 0.2) is 0 Å². The molecule has 114 valence electrons. The van der Waals surface area contributed by atoms with Gasteiger partial charge in [0.25, 0.3) is 0 Å². The van der Waals surface area contributed by atoms with Crippen molar-refractivity contribution in [3.8, 4) is 5.75 Å². The Kier molecular flexibility index (Phi) is 9.01. The molecule has 0 fully saturated rings. The molecule has 1 aromatic rings. The zero-order valence-corrected chi connectivity index (χ0v) is 13.3. The van der Waals surface area contributed by atoms with Crippen LogP contribution < -0.4 is 15.8 Å². The predicted molar refractivity (Wildman–Crippen MR) is 84.3 cm³/mol. The van der Waals surface area contributed by atoms with Gasteiger partial charge in [-0.05, 0) is 25.0 Å². The largest absolute Gasteiger partial charge is 0.493 e. The van der Waals surface area contributed by atoms with Crippen molar-refractivity contribution in [2.75, 3.05) is 13.2 Å². The lowest BCUT2D eigenvalue weighted by Crippen LogP contribution is -2.32. The molecule has 0 aromatic heterocycles. The number of nitrogens with one attached hydrogen (secondary N) is 1. The van der Waals surface area contributed by atoms with Gasteiger partial charge in [-0.15, -0.1) is 12.4 Å². The molecule has 4 nitrogen and oxygen atoms in total.